The smallest absolute Gasteiger partial charge is 0.341 e. The van der Waals surface area contributed by atoms with Crippen LogP contribution in [0.3, 0.4) is 0 Å². The number of aryl methyl sites for hydroxylation is 1. The molecule has 1 N–H and O–H groups in total. The van der Waals surface area contributed by atoms with Gasteiger partial charge in [0.2, 0.25) is 0 Å². The second kappa shape index (κ2) is 7.94. The molecule has 0 radical (unpaired) electrons. The molecule has 0 atom stereocenters. The van der Waals surface area contributed by atoms with E-state index in [0.29, 0.717) is 40.2 Å². The fourth-order valence-corrected chi connectivity index (χ4v) is 2.89. The summed E-state index contributed by atoms with van der Waals surface area (Å²) in [4.78, 5) is 16.9. The van der Waals surface area contributed by atoms with E-state index >= 15 is 0 Å². The second-order valence-corrected chi connectivity index (χ2v) is 5.84. The van der Waals surface area contributed by atoms with Crippen LogP contribution in [0.1, 0.15) is 22.8 Å². The first-order valence-corrected chi connectivity index (χ1v) is 8.51. The highest BCUT2D eigenvalue weighted by Gasteiger charge is 2.21. The number of hydrogen-bond donors (Lipinski definition) is 1. The molecule has 1 aromatic carbocycles. The minimum Gasteiger partial charge on any atom is -0.496 e. The average molecular weight is 370 g/mol. The molecule has 0 bridgehead atoms. The van der Waals surface area contributed by atoms with Gasteiger partial charge >= 0.3 is 5.97 Å². The fraction of sp³-hybridized carbons (Fsp3) is 0.316. The minimum absolute atomic E-state index is 0.272. The third-order valence-corrected chi connectivity index (χ3v) is 4.11. The molecule has 0 aliphatic rings. The molecule has 0 unspecified atom stereocenters. The van der Waals surface area contributed by atoms with Gasteiger partial charge in [0.25, 0.3) is 0 Å². The number of aromatic nitrogens is 3. The van der Waals surface area contributed by atoms with Crippen LogP contribution in [0.25, 0.3) is 10.9 Å². The van der Waals surface area contributed by atoms with Gasteiger partial charge in [0.15, 0.2) is 0 Å². The van der Waals surface area contributed by atoms with Crippen molar-refractivity contribution in [1.82, 2.24) is 14.8 Å². The Morgan fingerprint density at radius 2 is 1.93 bits per heavy atom. The predicted molar refractivity (Wildman–Crippen MR) is 101 cm³/mol. The van der Waals surface area contributed by atoms with Gasteiger partial charge in [0.05, 0.1) is 38.1 Å². The highest BCUT2D eigenvalue weighted by Crippen LogP contribution is 2.38. The topological polar surface area (TPSA) is 87.5 Å². The zero-order valence-corrected chi connectivity index (χ0v) is 15.8. The van der Waals surface area contributed by atoms with Gasteiger partial charge in [-0.25, -0.2) is 4.79 Å². The first-order chi connectivity index (χ1) is 13.1. The molecule has 0 spiro atoms. The molecule has 0 amide bonds. The van der Waals surface area contributed by atoms with Gasteiger partial charge in [-0.2, -0.15) is 5.10 Å². The van der Waals surface area contributed by atoms with Gasteiger partial charge in [-0.1, -0.05) is 0 Å². The van der Waals surface area contributed by atoms with E-state index in [9.17, 15) is 4.79 Å². The lowest BCUT2D eigenvalue weighted by molar-refractivity contribution is 0.0527. The van der Waals surface area contributed by atoms with Gasteiger partial charge < -0.3 is 19.5 Å². The number of anilines is 1. The van der Waals surface area contributed by atoms with Gasteiger partial charge in [-0.15, -0.1) is 0 Å². The fourth-order valence-electron chi connectivity index (χ4n) is 2.89. The zero-order chi connectivity index (χ0) is 19.4. The van der Waals surface area contributed by atoms with Gasteiger partial charge in [0.1, 0.15) is 22.6 Å². The number of esters is 1. The number of fused-ring (bicyclic) bond motifs is 1. The number of ether oxygens (including phenoxy) is 3. The molecule has 2 heterocycles. The summed E-state index contributed by atoms with van der Waals surface area (Å²) in [7, 11) is 5.00. The van der Waals surface area contributed by atoms with Crippen LogP contribution in [0, 0.1) is 0 Å². The third-order valence-electron chi connectivity index (χ3n) is 4.11. The van der Waals surface area contributed by atoms with Crippen molar-refractivity contribution < 1.29 is 19.0 Å². The standard InChI is InChI=1S/C19H22N4O4/c1-5-27-19(24)13-10-21-18-15(26-4)7-6-14(25-3)16(18)17(13)20-8-12-9-22-23(2)11-12/h6-7,9-11H,5,8H2,1-4H3,(H,20,21). The third kappa shape index (κ3) is 3.64. The lowest BCUT2D eigenvalue weighted by atomic mass is 10.1. The lowest BCUT2D eigenvalue weighted by Gasteiger charge is -2.17. The number of hydrogen-bond acceptors (Lipinski definition) is 7. The first kappa shape index (κ1) is 18.5. The summed E-state index contributed by atoms with van der Waals surface area (Å²) in [5.41, 5.74) is 2.48. The number of pyridine rings is 1. The van der Waals surface area contributed by atoms with Crippen LogP contribution in [-0.4, -0.2) is 41.6 Å². The Labute approximate surface area is 157 Å². The highest BCUT2D eigenvalue weighted by atomic mass is 16.5. The number of rotatable bonds is 7. The van der Waals surface area contributed by atoms with Crippen molar-refractivity contribution >= 4 is 22.6 Å². The van der Waals surface area contributed by atoms with E-state index < -0.39 is 5.97 Å². The Hall–Kier alpha value is -3.29. The van der Waals surface area contributed by atoms with E-state index in [2.05, 4.69) is 15.4 Å². The molecule has 142 valence electrons. The van der Waals surface area contributed by atoms with E-state index in [1.165, 1.54) is 6.20 Å². The number of benzene rings is 1. The maximum atomic E-state index is 12.5. The molecule has 0 aliphatic carbocycles. The largest absolute Gasteiger partial charge is 0.496 e. The molecule has 0 fully saturated rings. The number of methoxy groups -OCH3 is 2. The molecular weight excluding hydrogens is 348 g/mol. The molecule has 2 aromatic heterocycles. The molecule has 0 saturated carbocycles. The Kier molecular flexibility index (Phi) is 5.44. The van der Waals surface area contributed by atoms with E-state index in [1.54, 1.807) is 44.2 Å². The number of nitrogens with zero attached hydrogens (tertiary/aromatic N) is 3. The van der Waals surface area contributed by atoms with Crippen molar-refractivity contribution in [2.75, 3.05) is 26.1 Å². The van der Waals surface area contributed by atoms with Gasteiger partial charge in [-0.3, -0.25) is 9.67 Å². The summed E-state index contributed by atoms with van der Waals surface area (Å²) in [5.74, 6) is 0.717. The molecule has 3 aromatic rings. The second-order valence-electron chi connectivity index (χ2n) is 5.84. The summed E-state index contributed by atoms with van der Waals surface area (Å²) < 4.78 is 17.9. The number of nitrogens with one attached hydrogen (secondary N) is 1. The van der Waals surface area contributed by atoms with Crippen LogP contribution >= 0.6 is 0 Å². The van der Waals surface area contributed by atoms with Crippen LogP contribution in [-0.2, 0) is 18.3 Å². The van der Waals surface area contributed by atoms with E-state index in [0.717, 1.165) is 5.56 Å². The molecular formula is C19H22N4O4. The maximum Gasteiger partial charge on any atom is 0.341 e. The van der Waals surface area contributed by atoms with Gasteiger partial charge in [-0.05, 0) is 19.1 Å². The van der Waals surface area contributed by atoms with Crippen LogP contribution in [0.4, 0.5) is 5.69 Å². The number of carbonyl (C=O) groups is 1. The summed E-state index contributed by atoms with van der Waals surface area (Å²) in [6.07, 6.45) is 5.16. The van der Waals surface area contributed by atoms with Crippen molar-refractivity contribution in [3.05, 3.63) is 41.9 Å². The van der Waals surface area contributed by atoms with Crippen LogP contribution in [0.5, 0.6) is 11.5 Å². The Morgan fingerprint density at radius 1 is 1.19 bits per heavy atom. The van der Waals surface area contributed by atoms with E-state index in [-0.39, 0.29) is 6.61 Å². The molecule has 27 heavy (non-hydrogen) atoms. The van der Waals surface area contributed by atoms with Crippen molar-refractivity contribution in [1.29, 1.82) is 0 Å². The summed E-state index contributed by atoms with van der Waals surface area (Å²) >= 11 is 0. The van der Waals surface area contributed by atoms with Crippen LogP contribution in [0.15, 0.2) is 30.7 Å². The summed E-state index contributed by atoms with van der Waals surface area (Å²) in [6.45, 7) is 2.51. The van der Waals surface area contributed by atoms with Crippen molar-refractivity contribution in [3.8, 4) is 11.5 Å². The van der Waals surface area contributed by atoms with Gasteiger partial charge in [0, 0.05) is 31.5 Å². The van der Waals surface area contributed by atoms with Crippen LogP contribution < -0.4 is 14.8 Å². The molecule has 8 nitrogen and oxygen atoms in total. The van der Waals surface area contributed by atoms with E-state index in [4.69, 9.17) is 14.2 Å². The summed E-state index contributed by atoms with van der Waals surface area (Å²) in [5, 5.41) is 8.15. The monoisotopic (exact) mass is 370 g/mol. The highest BCUT2D eigenvalue weighted by molar-refractivity contribution is 6.08. The average Bonchev–Trinajstić information content (AvgIpc) is 3.10. The van der Waals surface area contributed by atoms with Crippen LogP contribution in [0.2, 0.25) is 0 Å². The predicted octanol–water partition coefficient (Wildman–Crippen LogP) is 2.77. The lowest BCUT2D eigenvalue weighted by Crippen LogP contribution is -2.11. The van der Waals surface area contributed by atoms with Crippen molar-refractivity contribution in [2.45, 2.75) is 13.5 Å². The molecule has 8 heteroatoms. The Bertz CT molecular complexity index is 968. The number of carbonyl (C=O) groups excluding carboxylic acids is 1. The Morgan fingerprint density at radius 3 is 2.56 bits per heavy atom. The Balaban J connectivity index is 2.16. The molecule has 0 saturated heterocycles. The SMILES string of the molecule is CCOC(=O)c1cnc2c(OC)ccc(OC)c2c1NCc1cnn(C)c1. The normalized spacial score (nSPS) is 10.7. The molecule has 0 aliphatic heterocycles. The van der Waals surface area contributed by atoms with Crippen molar-refractivity contribution in [3.63, 3.8) is 0 Å². The summed E-state index contributed by atoms with van der Waals surface area (Å²) in [6, 6.07) is 3.57. The zero-order valence-electron chi connectivity index (χ0n) is 15.8. The minimum atomic E-state index is -0.453. The van der Waals surface area contributed by atoms with E-state index in [1.807, 2.05) is 13.2 Å². The maximum absolute atomic E-state index is 12.5. The first-order valence-electron chi connectivity index (χ1n) is 8.51. The quantitative estimate of drug-likeness (QED) is 0.640. The molecule has 3 rings (SSSR count). The van der Waals surface area contributed by atoms with Crippen molar-refractivity contribution in [2.24, 2.45) is 7.05 Å².